The van der Waals surface area contributed by atoms with Crippen LogP contribution in [0.5, 0.6) is 0 Å². The molecule has 0 atom stereocenters. The van der Waals surface area contributed by atoms with Gasteiger partial charge in [0.05, 0.1) is 16.6 Å². The average molecular weight is 732 g/mol. The second-order valence-electron chi connectivity index (χ2n) is 15.5. The minimum absolute atomic E-state index is 0.201. The first-order valence-electron chi connectivity index (χ1n) is 21.4. The maximum atomic E-state index is 14.5. The molecule has 0 radical (unpaired) electrons. The van der Waals surface area contributed by atoms with Crippen molar-refractivity contribution >= 4 is 48.9 Å². The quantitative estimate of drug-likeness (QED) is 0.0383. The third-order valence-corrected chi connectivity index (χ3v) is 11.1. The molecule has 0 aliphatic carbocycles. The monoisotopic (exact) mass is 731 g/mol. The SMILES string of the molecule is CCCCCCCCC#Cc1cc2c(=O)c3cc(C#CCCCCCCCC)cc4c(=O)c5cc(C#CCCCCCCCC)cc6c(=O)c(c1)c2n(c34)c65. The number of nitrogens with zero attached hydrogens (tertiary/aromatic N) is 1. The molecule has 4 nitrogen and oxygen atoms in total. The van der Waals surface area contributed by atoms with E-state index in [0.717, 1.165) is 57.8 Å². The number of hydrogen-bond acceptors (Lipinski definition) is 3. The Hall–Kier alpha value is -4.85. The van der Waals surface area contributed by atoms with Crippen molar-refractivity contribution in [3.8, 4) is 35.5 Å². The van der Waals surface area contributed by atoms with Crippen LogP contribution in [-0.2, 0) is 0 Å². The summed E-state index contributed by atoms with van der Waals surface area (Å²) in [6.07, 6.45) is 23.8. The van der Waals surface area contributed by atoms with Crippen LogP contribution in [0.15, 0.2) is 50.8 Å². The highest BCUT2D eigenvalue weighted by molar-refractivity contribution is 6.17. The first-order valence-corrected chi connectivity index (χ1v) is 21.4. The number of hydrogen-bond donors (Lipinski definition) is 0. The smallest absolute Gasteiger partial charge is 0.197 e. The summed E-state index contributed by atoms with van der Waals surface area (Å²) >= 11 is 0. The molecule has 0 unspecified atom stereocenters. The van der Waals surface area contributed by atoms with Crippen molar-refractivity contribution in [3.63, 3.8) is 0 Å². The van der Waals surface area contributed by atoms with Crippen molar-refractivity contribution in [2.45, 2.75) is 156 Å². The molecule has 6 aromatic rings. The van der Waals surface area contributed by atoms with E-state index in [-0.39, 0.29) is 16.3 Å². The van der Waals surface area contributed by atoms with Gasteiger partial charge in [-0.15, -0.1) is 0 Å². The van der Waals surface area contributed by atoms with E-state index >= 15 is 0 Å². The second-order valence-corrected chi connectivity index (χ2v) is 15.5. The number of unbranched alkanes of at least 4 members (excludes halogenated alkanes) is 18. The van der Waals surface area contributed by atoms with Gasteiger partial charge < -0.3 is 4.40 Å². The van der Waals surface area contributed by atoms with Gasteiger partial charge in [0.1, 0.15) is 0 Å². The standard InChI is InChI=1S/C51H57NO3/c1-4-7-10-13-16-19-22-25-28-37-31-40-46-41(32-37)50(54)43-34-39(30-27-24-21-18-15-12-9-6-3)36-45-48(43)52(46)47-42(49(40)53)33-38(35-44(47)51(45)55)29-26-23-20-17-14-11-8-5-2/h31-36H,4-24H2,1-3H3. The lowest BCUT2D eigenvalue weighted by atomic mass is 9.94. The van der Waals surface area contributed by atoms with E-state index in [9.17, 15) is 14.4 Å². The van der Waals surface area contributed by atoms with Crippen molar-refractivity contribution in [3.05, 3.63) is 83.8 Å². The molecule has 3 aromatic carbocycles. The molecule has 0 spiro atoms. The van der Waals surface area contributed by atoms with Crippen LogP contribution in [0, 0.1) is 35.5 Å². The van der Waals surface area contributed by atoms with Gasteiger partial charge in [-0.05, 0) is 55.7 Å². The Kier molecular flexibility index (Phi) is 14.2. The fraction of sp³-hybridized carbons (Fsp3) is 0.471. The largest absolute Gasteiger partial charge is 0.306 e. The van der Waals surface area contributed by atoms with Crippen LogP contribution in [0.25, 0.3) is 48.9 Å². The summed E-state index contributed by atoms with van der Waals surface area (Å²) in [6, 6.07) is 11.0. The molecule has 0 fully saturated rings. The van der Waals surface area contributed by atoms with E-state index in [0.29, 0.717) is 65.6 Å². The second kappa shape index (κ2) is 19.7. The molecule has 0 saturated carbocycles. The summed E-state index contributed by atoms with van der Waals surface area (Å²) in [5.41, 5.74) is 3.03. The summed E-state index contributed by atoms with van der Waals surface area (Å²) < 4.78 is 2.00. The fourth-order valence-corrected chi connectivity index (χ4v) is 8.13. The lowest BCUT2D eigenvalue weighted by Crippen LogP contribution is -2.19. The van der Waals surface area contributed by atoms with Crippen molar-refractivity contribution in [1.29, 1.82) is 0 Å². The third kappa shape index (κ3) is 9.17. The summed E-state index contributed by atoms with van der Waals surface area (Å²) in [4.78, 5) is 43.5. The van der Waals surface area contributed by atoms with Gasteiger partial charge in [-0.3, -0.25) is 14.4 Å². The zero-order chi connectivity index (χ0) is 38.6. The third-order valence-electron chi connectivity index (χ3n) is 11.1. The van der Waals surface area contributed by atoms with Crippen LogP contribution in [0.3, 0.4) is 0 Å². The highest BCUT2D eigenvalue weighted by atomic mass is 16.1. The molecule has 3 heterocycles. The Morgan fingerprint density at radius 1 is 0.364 bits per heavy atom. The molecule has 0 aliphatic heterocycles. The van der Waals surface area contributed by atoms with E-state index < -0.39 is 0 Å². The molecule has 0 amide bonds. The predicted octanol–water partition coefficient (Wildman–Crippen LogP) is 12.3. The molecule has 4 heteroatoms. The minimum Gasteiger partial charge on any atom is -0.306 e. The highest BCUT2D eigenvalue weighted by Gasteiger charge is 2.24. The maximum Gasteiger partial charge on any atom is 0.197 e. The topological polar surface area (TPSA) is 55.6 Å². The lowest BCUT2D eigenvalue weighted by molar-refractivity contribution is 0.614. The summed E-state index contributed by atoms with van der Waals surface area (Å²) in [5.74, 6) is 19.8. The predicted molar refractivity (Wildman–Crippen MR) is 234 cm³/mol. The zero-order valence-corrected chi connectivity index (χ0v) is 33.5. The molecule has 55 heavy (non-hydrogen) atoms. The van der Waals surface area contributed by atoms with Crippen molar-refractivity contribution < 1.29 is 0 Å². The van der Waals surface area contributed by atoms with Gasteiger partial charge in [-0.2, -0.15) is 0 Å². The van der Waals surface area contributed by atoms with Crippen LogP contribution >= 0.6 is 0 Å². The normalized spacial score (nSPS) is 11.4. The Morgan fingerprint density at radius 3 is 0.855 bits per heavy atom. The van der Waals surface area contributed by atoms with E-state index in [1.54, 1.807) is 0 Å². The Bertz CT molecular complexity index is 2200. The van der Waals surface area contributed by atoms with Gasteiger partial charge in [-0.1, -0.05) is 153 Å². The lowest BCUT2D eigenvalue weighted by Gasteiger charge is -2.19. The summed E-state index contributed by atoms with van der Waals surface area (Å²) in [5, 5.41) is 2.66. The van der Waals surface area contributed by atoms with Crippen molar-refractivity contribution in [1.82, 2.24) is 4.40 Å². The van der Waals surface area contributed by atoms with E-state index in [1.165, 1.54) is 77.0 Å². The molecule has 6 rings (SSSR count). The molecule has 284 valence electrons. The minimum atomic E-state index is -0.201. The number of benzene rings is 3. The van der Waals surface area contributed by atoms with Crippen molar-refractivity contribution in [2.75, 3.05) is 0 Å². The first kappa shape index (κ1) is 39.8. The molecule has 0 N–H and O–H groups in total. The van der Waals surface area contributed by atoms with E-state index in [2.05, 4.69) is 56.3 Å². The molecule has 0 bridgehead atoms. The summed E-state index contributed by atoms with van der Waals surface area (Å²) in [7, 11) is 0. The summed E-state index contributed by atoms with van der Waals surface area (Å²) in [6.45, 7) is 6.67. The van der Waals surface area contributed by atoms with Crippen LogP contribution in [0.4, 0.5) is 0 Å². The maximum absolute atomic E-state index is 14.5. The Labute approximate surface area is 327 Å². The molecular formula is C51H57NO3. The molecule has 0 saturated heterocycles. The van der Waals surface area contributed by atoms with E-state index in [1.807, 2.05) is 40.8 Å². The van der Waals surface area contributed by atoms with Gasteiger partial charge in [0.15, 0.2) is 16.3 Å². The van der Waals surface area contributed by atoms with Crippen LogP contribution in [0.1, 0.15) is 172 Å². The number of aromatic nitrogens is 1. The highest BCUT2D eigenvalue weighted by Crippen LogP contribution is 2.33. The van der Waals surface area contributed by atoms with Gasteiger partial charge in [0, 0.05) is 68.3 Å². The van der Waals surface area contributed by atoms with Crippen LogP contribution in [0.2, 0.25) is 0 Å². The van der Waals surface area contributed by atoms with Gasteiger partial charge in [-0.25, -0.2) is 0 Å². The Morgan fingerprint density at radius 2 is 0.600 bits per heavy atom. The van der Waals surface area contributed by atoms with Crippen LogP contribution in [-0.4, -0.2) is 4.40 Å². The average Bonchev–Trinajstić information content (AvgIpc) is 3.19. The molecular weight excluding hydrogens is 675 g/mol. The van der Waals surface area contributed by atoms with Crippen LogP contribution < -0.4 is 16.3 Å². The van der Waals surface area contributed by atoms with Gasteiger partial charge >= 0.3 is 0 Å². The fourth-order valence-electron chi connectivity index (χ4n) is 8.13. The number of pyridine rings is 3. The van der Waals surface area contributed by atoms with Gasteiger partial charge in [0.25, 0.3) is 0 Å². The zero-order valence-electron chi connectivity index (χ0n) is 33.5. The van der Waals surface area contributed by atoms with E-state index in [4.69, 9.17) is 0 Å². The molecule has 0 aliphatic rings. The van der Waals surface area contributed by atoms with Gasteiger partial charge in [0.2, 0.25) is 0 Å². The first-order chi connectivity index (χ1) is 27.0. The van der Waals surface area contributed by atoms with Crippen molar-refractivity contribution in [2.24, 2.45) is 0 Å². The molecule has 3 aromatic heterocycles. The Balaban J connectivity index is 1.46. The number of rotatable bonds is 18.